The second-order valence-corrected chi connectivity index (χ2v) is 8.36. The molecule has 1 aliphatic rings. The highest BCUT2D eigenvalue weighted by Gasteiger charge is 2.23. The number of ether oxygens (including phenoxy) is 2. The van der Waals surface area contributed by atoms with Crippen LogP contribution in [0, 0.1) is 5.82 Å². The molecular formula is C24H25FN2O3S. The van der Waals surface area contributed by atoms with Crippen molar-refractivity contribution >= 4 is 17.2 Å². The molecular weight excluding hydrogens is 415 g/mol. The van der Waals surface area contributed by atoms with Gasteiger partial charge in [-0.15, -0.1) is 11.3 Å². The van der Waals surface area contributed by atoms with Crippen LogP contribution in [0.1, 0.15) is 20.8 Å². The fraction of sp³-hybridized carbons (Fsp3) is 0.292. The van der Waals surface area contributed by atoms with Crippen molar-refractivity contribution in [1.82, 2.24) is 9.80 Å². The lowest BCUT2D eigenvalue weighted by Gasteiger charge is -2.34. The highest BCUT2D eigenvalue weighted by atomic mass is 32.1. The van der Waals surface area contributed by atoms with Gasteiger partial charge in [0, 0.05) is 38.3 Å². The molecule has 1 aromatic heterocycles. The zero-order chi connectivity index (χ0) is 21.6. The summed E-state index contributed by atoms with van der Waals surface area (Å²) in [6, 6.07) is 16.0. The molecule has 0 atom stereocenters. The Labute approximate surface area is 185 Å². The van der Waals surface area contributed by atoms with Crippen molar-refractivity contribution in [3.8, 4) is 11.5 Å². The average molecular weight is 441 g/mol. The number of rotatable bonds is 7. The fourth-order valence-electron chi connectivity index (χ4n) is 3.58. The Kier molecular flexibility index (Phi) is 6.84. The highest BCUT2D eigenvalue weighted by Crippen LogP contribution is 2.27. The molecule has 1 aliphatic heterocycles. The SMILES string of the molecule is COc1ccccc1OCc1csc(C(=O)N2CCN(Cc3ccc(F)cc3)CC2)c1. The lowest BCUT2D eigenvalue weighted by Crippen LogP contribution is -2.48. The lowest BCUT2D eigenvalue weighted by atomic mass is 10.2. The lowest BCUT2D eigenvalue weighted by molar-refractivity contribution is 0.0633. The van der Waals surface area contributed by atoms with E-state index in [1.54, 1.807) is 7.11 Å². The first-order valence-electron chi connectivity index (χ1n) is 10.2. The van der Waals surface area contributed by atoms with Gasteiger partial charge in [-0.25, -0.2) is 4.39 Å². The van der Waals surface area contributed by atoms with Crippen LogP contribution in [0.3, 0.4) is 0 Å². The van der Waals surface area contributed by atoms with E-state index in [-0.39, 0.29) is 11.7 Å². The molecule has 2 aromatic carbocycles. The first-order valence-corrected chi connectivity index (χ1v) is 11.1. The van der Waals surface area contributed by atoms with Crippen molar-refractivity contribution < 1.29 is 18.7 Å². The average Bonchev–Trinajstić information content (AvgIpc) is 3.28. The minimum Gasteiger partial charge on any atom is -0.493 e. The van der Waals surface area contributed by atoms with E-state index in [1.807, 2.05) is 52.7 Å². The van der Waals surface area contributed by atoms with Gasteiger partial charge in [-0.05, 0) is 41.3 Å². The van der Waals surface area contributed by atoms with Crippen molar-refractivity contribution in [3.05, 3.63) is 81.8 Å². The van der Waals surface area contributed by atoms with E-state index < -0.39 is 0 Å². The minimum absolute atomic E-state index is 0.0648. The Morgan fingerprint density at radius 3 is 2.42 bits per heavy atom. The van der Waals surface area contributed by atoms with E-state index >= 15 is 0 Å². The zero-order valence-corrected chi connectivity index (χ0v) is 18.2. The largest absolute Gasteiger partial charge is 0.493 e. The second kappa shape index (κ2) is 9.94. The summed E-state index contributed by atoms with van der Waals surface area (Å²) in [6.07, 6.45) is 0. The Morgan fingerprint density at radius 1 is 1.00 bits per heavy atom. The Bertz CT molecular complexity index is 1010. The maximum absolute atomic E-state index is 13.1. The van der Waals surface area contributed by atoms with E-state index in [0.29, 0.717) is 31.2 Å². The van der Waals surface area contributed by atoms with Gasteiger partial charge in [-0.1, -0.05) is 24.3 Å². The van der Waals surface area contributed by atoms with Crippen molar-refractivity contribution in [3.63, 3.8) is 0 Å². The molecule has 31 heavy (non-hydrogen) atoms. The number of carbonyl (C=O) groups is 1. The number of benzene rings is 2. The predicted molar refractivity (Wildman–Crippen MR) is 119 cm³/mol. The van der Waals surface area contributed by atoms with Gasteiger partial charge in [0.15, 0.2) is 11.5 Å². The smallest absolute Gasteiger partial charge is 0.264 e. The van der Waals surface area contributed by atoms with Crippen molar-refractivity contribution in [2.75, 3.05) is 33.3 Å². The molecule has 5 nitrogen and oxygen atoms in total. The standard InChI is InChI=1S/C24H25FN2O3S/c1-29-21-4-2-3-5-22(21)30-16-19-14-23(31-17-19)24(28)27-12-10-26(11-13-27)15-18-6-8-20(25)9-7-18/h2-9,14,17H,10-13,15-16H2,1H3. The van der Waals surface area contributed by atoms with E-state index in [4.69, 9.17) is 9.47 Å². The third-order valence-corrected chi connectivity index (χ3v) is 6.27. The molecule has 1 amide bonds. The van der Waals surface area contributed by atoms with Gasteiger partial charge in [0.2, 0.25) is 0 Å². The Morgan fingerprint density at radius 2 is 1.71 bits per heavy atom. The number of halogens is 1. The molecule has 1 fully saturated rings. The molecule has 0 saturated carbocycles. The van der Waals surface area contributed by atoms with Crippen LogP contribution in [0.2, 0.25) is 0 Å². The van der Waals surface area contributed by atoms with Gasteiger partial charge < -0.3 is 14.4 Å². The van der Waals surface area contributed by atoms with Crippen LogP contribution < -0.4 is 9.47 Å². The highest BCUT2D eigenvalue weighted by molar-refractivity contribution is 7.12. The summed E-state index contributed by atoms with van der Waals surface area (Å²) in [5.41, 5.74) is 2.05. The maximum Gasteiger partial charge on any atom is 0.264 e. The summed E-state index contributed by atoms with van der Waals surface area (Å²) < 4.78 is 24.2. The Hall–Kier alpha value is -2.90. The molecule has 3 aromatic rings. The number of para-hydroxylation sites is 2. The van der Waals surface area contributed by atoms with E-state index in [0.717, 1.165) is 35.6 Å². The minimum atomic E-state index is -0.220. The van der Waals surface area contributed by atoms with E-state index in [9.17, 15) is 9.18 Å². The second-order valence-electron chi connectivity index (χ2n) is 7.45. The van der Waals surface area contributed by atoms with Crippen molar-refractivity contribution in [1.29, 1.82) is 0 Å². The zero-order valence-electron chi connectivity index (χ0n) is 17.4. The van der Waals surface area contributed by atoms with E-state index in [1.165, 1.54) is 23.5 Å². The van der Waals surface area contributed by atoms with Crippen LogP contribution in [0.4, 0.5) is 4.39 Å². The fourth-order valence-corrected chi connectivity index (χ4v) is 4.44. The summed E-state index contributed by atoms with van der Waals surface area (Å²) in [5.74, 6) is 1.21. The number of piperazine rings is 1. The van der Waals surface area contributed by atoms with Gasteiger partial charge >= 0.3 is 0 Å². The molecule has 1 saturated heterocycles. The predicted octanol–water partition coefficient (Wildman–Crippen LogP) is 4.43. The summed E-state index contributed by atoms with van der Waals surface area (Å²) in [7, 11) is 1.61. The molecule has 0 N–H and O–H groups in total. The van der Waals surface area contributed by atoms with Gasteiger partial charge in [-0.3, -0.25) is 9.69 Å². The third kappa shape index (κ3) is 5.42. The third-order valence-electron chi connectivity index (χ3n) is 5.31. The topological polar surface area (TPSA) is 42.0 Å². The molecule has 0 aliphatic carbocycles. The molecule has 7 heteroatoms. The van der Waals surface area contributed by atoms with Crippen LogP contribution in [0.5, 0.6) is 11.5 Å². The molecule has 2 heterocycles. The number of carbonyl (C=O) groups excluding carboxylic acids is 1. The molecule has 0 radical (unpaired) electrons. The maximum atomic E-state index is 13.1. The number of hydrogen-bond acceptors (Lipinski definition) is 5. The number of hydrogen-bond donors (Lipinski definition) is 0. The first kappa shape index (κ1) is 21.3. The van der Waals surface area contributed by atoms with Crippen molar-refractivity contribution in [2.45, 2.75) is 13.2 Å². The molecule has 0 bridgehead atoms. The summed E-state index contributed by atoms with van der Waals surface area (Å²) >= 11 is 1.45. The number of thiophene rings is 1. The first-order chi connectivity index (χ1) is 15.1. The number of nitrogens with zero attached hydrogens (tertiary/aromatic N) is 2. The van der Waals surface area contributed by atoms with Crippen LogP contribution in [0.25, 0.3) is 0 Å². The normalized spacial score (nSPS) is 14.5. The van der Waals surface area contributed by atoms with Gasteiger partial charge in [0.05, 0.1) is 12.0 Å². The quantitative estimate of drug-likeness (QED) is 0.545. The summed E-state index contributed by atoms with van der Waals surface area (Å²) in [6.45, 7) is 4.13. The Balaban J connectivity index is 1.28. The van der Waals surface area contributed by atoms with Gasteiger partial charge in [0.25, 0.3) is 5.91 Å². The monoisotopic (exact) mass is 440 g/mol. The molecule has 0 unspecified atom stereocenters. The van der Waals surface area contributed by atoms with Crippen LogP contribution in [-0.4, -0.2) is 49.0 Å². The molecule has 162 valence electrons. The number of methoxy groups -OCH3 is 1. The van der Waals surface area contributed by atoms with Crippen LogP contribution >= 0.6 is 11.3 Å². The van der Waals surface area contributed by atoms with Crippen LogP contribution in [0.15, 0.2) is 60.0 Å². The molecule has 4 rings (SSSR count). The van der Waals surface area contributed by atoms with Gasteiger partial charge in [0.1, 0.15) is 12.4 Å². The van der Waals surface area contributed by atoms with Crippen LogP contribution in [-0.2, 0) is 13.2 Å². The van der Waals surface area contributed by atoms with E-state index in [2.05, 4.69) is 4.90 Å². The number of amides is 1. The molecule has 0 spiro atoms. The summed E-state index contributed by atoms with van der Waals surface area (Å²) in [5, 5.41) is 1.97. The summed E-state index contributed by atoms with van der Waals surface area (Å²) in [4.78, 5) is 17.8. The van der Waals surface area contributed by atoms with Gasteiger partial charge in [-0.2, -0.15) is 0 Å². The van der Waals surface area contributed by atoms with Crippen molar-refractivity contribution in [2.24, 2.45) is 0 Å².